The van der Waals surface area contributed by atoms with Crippen molar-refractivity contribution in [3.63, 3.8) is 0 Å². The van der Waals surface area contributed by atoms with Gasteiger partial charge < -0.3 is 9.64 Å². The van der Waals surface area contributed by atoms with Gasteiger partial charge in [0.15, 0.2) is 0 Å². The summed E-state index contributed by atoms with van der Waals surface area (Å²) < 4.78 is 5.56. The number of carbonyl (C=O) groups is 1. The van der Waals surface area contributed by atoms with E-state index in [1.807, 2.05) is 18.2 Å². The Morgan fingerprint density at radius 1 is 0.913 bits per heavy atom. The maximum absolute atomic E-state index is 12.7. The average Bonchev–Trinajstić information content (AvgIpc) is 2.86. The lowest BCUT2D eigenvalue weighted by atomic mass is 10.0. The third kappa shape index (κ3) is 2.89. The van der Waals surface area contributed by atoms with Crippen LogP contribution in [-0.4, -0.2) is 36.1 Å². The fraction of sp³-hybridized carbons (Fsp3) is 0.350. The van der Waals surface area contributed by atoms with Crippen molar-refractivity contribution in [3.05, 3.63) is 60.2 Å². The fourth-order valence-corrected chi connectivity index (χ4v) is 3.75. The Labute approximate surface area is 136 Å². The van der Waals surface area contributed by atoms with Gasteiger partial charge in [-0.05, 0) is 29.5 Å². The molecule has 1 amide bonds. The molecule has 2 aromatic rings. The molecule has 2 bridgehead atoms. The summed E-state index contributed by atoms with van der Waals surface area (Å²) in [7, 11) is 0. The lowest BCUT2D eigenvalue weighted by Crippen LogP contribution is -2.49. The number of hydrogen-bond donors (Lipinski definition) is 0. The molecule has 0 unspecified atom stereocenters. The van der Waals surface area contributed by atoms with E-state index in [4.69, 9.17) is 4.74 Å². The first-order valence-corrected chi connectivity index (χ1v) is 8.34. The van der Waals surface area contributed by atoms with Crippen LogP contribution in [0.2, 0.25) is 0 Å². The predicted molar refractivity (Wildman–Crippen MR) is 90.1 cm³/mol. The summed E-state index contributed by atoms with van der Waals surface area (Å²) in [5.41, 5.74) is 3.48. The van der Waals surface area contributed by atoms with Crippen LogP contribution in [0.15, 0.2) is 54.6 Å². The number of fused-ring (bicyclic) bond motifs is 2. The summed E-state index contributed by atoms with van der Waals surface area (Å²) in [6.07, 6.45) is 2.66. The van der Waals surface area contributed by atoms with Crippen LogP contribution in [-0.2, 0) is 16.0 Å². The van der Waals surface area contributed by atoms with Crippen LogP contribution in [0.25, 0.3) is 11.1 Å². The van der Waals surface area contributed by atoms with E-state index in [0.29, 0.717) is 31.7 Å². The molecule has 2 fully saturated rings. The monoisotopic (exact) mass is 307 g/mol. The Morgan fingerprint density at radius 3 is 2.17 bits per heavy atom. The van der Waals surface area contributed by atoms with Gasteiger partial charge in [0.25, 0.3) is 0 Å². The van der Waals surface area contributed by atoms with Crippen molar-refractivity contribution < 1.29 is 9.53 Å². The van der Waals surface area contributed by atoms with Crippen LogP contribution in [0.1, 0.15) is 18.4 Å². The van der Waals surface area contributed by atoms with Gasteiger partial charge in [-0.2, -0.15) is 0 Å². The summed E-state index contributed by atoms with van der Waals surface area (Å²) in [6, 6.07) is 19.3. The Kier molecular flexibility index (Phi) is 3.88. The molecule has 2 saturated heterocycles. The molecule has 0 N–H and O–H groups in total. The molecule has 0 saturated carbocycles. The molecular formula is C20H21NO2. The number of rotatable bonds is 3. The van der Waals surface area contributed by atoms with Crippen molar-refractivity contribution in [2.75, 3.05) is 13.2 Å². The first kappa shape index (κ1) is 14.5. The highest BCUT2D eigenvalue weighted by Gasteiger charge is 2.39. The van der Waals surface area contributed by atoms with Crippen LogP contribution in [0.4, 0.5) is 0 Å². The topological polar surface area (TPSA) is 29.5 Å². The van der Waals surface area contributed by atoms with E-state index in [1.54, 1.807) is 0 Å². The lowest BCUT2D eigenvalue weighted by Gasteiger charge is -2.34. The number of ether oxygens (including phenoxy) is 1. The minimum atomic E-state index is 0.244. The third-order valence-corrected chi connectivity index (χ3v) is 4.94. The van der Waals surface area contributed by atoms with E-state index in [9.17, 15) is 4.79 Å². The molecule has 0 aliphatic carbocycles. The van der Waals surface area contributed by atoms with E-state index in [-0.39, 0.29) is 5.91 Å². The number of benzene rings is 2. The van der Waals surface area contributed by atoms with Gasteiger partial charge in [-0.1, -0.05) is 54.6 Å². The molecule has 4 rings (SSSR count). The lowest BCUT2D eigenvalue weighted by molar-refractivity contribution is -0.140. The molecule has 2 aliphatic rings. The van der Waals surface area contributed by atoms with Gasteiger partial charge in [-0.25, -0.2) is 0 Å². The summed E-state index contributed by atoms with van der Waals surface area (Å²) in [5.74, 6) is 0.244. The molecule has 23 heavy (non-hydrogen) atoms. The summed E-state index contributed by atoms with van der Waals surface area (Å²) in [4.78, 5) is 14.7. The number of morpholine rings is 1. The van der Waals surface area contributed by atoms with Crippen LogP contribution in [0, 0.1) is 0 Å². The van der Waals surface area contributed by atoms with Gasteiger partial charge in [0.05, 0.1) is 31.7 Å². The molecule has 2 heterocycles. The van der Waals surface area contributed by atoms with Crippen LogP contribution < -0.4 is 0 Å². The Bertz CT molecular complexity index is 665. The normalized spacial score (nSPS) is 23.0. The fourth-order valence-electron chi connectivity index (χ4n) is 3.75. The second-order valence-corrected chi connectivity index (χ2v) is 6.46. The van der Waals surface area contributed by atoms with Crippen molar-refractivity contribution in [2.45, 2.75) is 31.3 Å². The minimum absolute atomic E-state index is 0.244. The standard InChI is InChI=1S/C20H21NO2/c22-20(21-18-10-11-19(21)14-23-13-18)12-15-6-8-17(9-7-15)16-4-2-1-3-5-16/h1-9,18-19H,10-14H2/t18-,19-/m1/s1. The third-order valence-electron chi connectivity index (χ3n) is 4.94. The summed E-state index contributed by atoms with van der Waals surface area (Å²) >= 11 is 0. The van der Waals surface area contributed by atoms with Crippen molar-refractivity contribution in [2.24, 2.45) is 0 Å². The molecule has 3 heteroatoms. The number of amides is 1. The van der Waals surface area contributed by atoms with E-state index in [2.05, 4.69) is 41.3 Å². The Hall–Kier alpha value is -2.13. The molecular weight excluding hydrogens is 286 g/mol. The van der Waals surface area contributed by atoms with Crippen molar-refractivity contribution >= 4 is 5.91 Å². The van der Waals surface area contributed by atoms with E-state index >= 15 is 0 Å². The average molecular weight is 307 g/mol. The quantitative estimate of drug-likeness (QED) is 0.871. The maximum atomic E-state index is 12.7. The minimum Gasteiger partial charge on any atom is -0.377 e. The molecule has 0 spiro atoms. The summed E-state index contributed by atoms with van der Waals surface area (Å²) in [5, 5.41) is 0. The number of nitrogens with zero attached hydrogens (tertiary/aromatic N) is 1. The smallest absolute Gasteiger partial charge is 0.227 e. The van der Waals surface area contributed by atoms with Crippen molar-refractivity contribution in [3.8, 4) is 11.1 Å². The van der Waals surface area contributed by atoms with Crippen molar-refractivity contribution in [1.82, 2.24) is 4.90 Å². The number of hydrogen-bond acceptors (Lipinski definition) is 2. The first-order chi connectivity index (χ1) is 11.3. The van der Waals surface area contributed by atoms with E-state index < -0.39 is 0 Å². The largest absolute Gasteiger partial charge is 0.377 e. The molecule has 0 radical (unpaired) electrons. The van der Waals surface area contributed by atoms with Crippen LogP contribution in [0.5, 0.6) is 0 Å². The molecule has 3 nitrogen and oxygen atoms in total. The van der Waals surface area contributed by atoms with Gasteiger partial charge in [-0.3, -0.25) is 4.79 Å². The van der Waals surface area contributed by atoms with Gasteiger partial charge >= 0.3 is 0 Å². The SMILES string of the molecule is O=C(Cc1ccc(-c2ccccc2)cc1)N1[C@@H]2CC[C@@H]1COC2. The highest BCUT2D eigenvalue weighted by Crippen LogP contribution is 2.29. The molecule has 2 aliphatic heterocycles. The molecule has 118 valence electrons. The zero-order chi connectivity index (χ0) is 15.6. The second-order valence-electron chi connectivity index (χ2n) is 6.46. The Balaban J connectivity index is 1.46. The zero-order valence-corrected chi connectivity index (χ0v) is 13.2. The molecule has 2 atom stereocenters. The molecule has 2 aromatic carbocycles. The summed E-state index contributed by atoms with van der Waals surface area (Å²) in [6.45, 7) is 1.41. The van der Waals surface area contributed by atoms with Gasteiger partial charge in [0.1, 0.15) is 0 Å². The van der Waals surface area contributed by atoms with Gasteiger partial charge in [0.2, 0.25) is 5.91 Å². The highest BCUT2D eigenvalue weighted by molar-refractivity contribution is 5.80. The molecule has 0 aromatic heterocycles. The number of carbonyl (C=O) groups excluding carboxylic acids is 1. The van der Waals surface area contributed by atoms with Crippen LogP contribution >= 0.6 is 0 Å². The zero-order valence-electron chi connectivity index (χ0n) is 13.2. The van der Waals surface area contributed by atoms with E-state index in [0.717, 1.165) is 18.4 Å². The maximum Gasteiger partial charge on any atom is 0.227 e. The van der Waals surface area contributed by atoms with E-state index in [1.165, 1.54) is 11.1 Å². The highest BCUT2D eigenvalue weighted by atomic mass is 16.5. The van der Waals surface area contributed by atoms with Crippen LogP contribution in [0.3, 0.4) is 0 Å². The second kappa shape index (κ2) is 6.17. The Morgan fingerprint density at radius 2 is 1.52 bits per heavy atom. The van der Waals surface area contributed by atoms with Gasteiger partial charge in [-0.15, -0.1) is 0 Å². The van der Waals surface area contributed by atoms with Gasteiger partial charge in [0, 0.05) is 0 Å². The first-order valence-electron chi connectivity index (χ1n) is 8.34. The van der Waals surface area contributed by atoms with Crippen molar-refractivity contribution in [1.29, 1.82) is 0 Å². The predicted octanol–water partition coefficient (Wildman–Crippen LogP) is 3.29.